The predicted molar refractivity (Wildman–Crippen MR) is 222 cm³/mol. The van der Waals surface area contributed by atoms with Gasteiger partial charge in [0, 0.05) is 11.8 Å². The second-order valence-electron chi connectivity index (χ2n) is 14.9. The zero-order chi connectivity index (χ0) is 35.0. The SMILES string of the molecule is CC(C1=Cc2ccccc2C1)C1C(c2ccccc2)=Cc2ccccc21.CC(C1=Cc2ccccc2C1)C1C(c2ccccc2)=Cc2ccccc21.[Cl-].[Cl-].[Zr+2]. The van der Waals surface area contributed by atoms with Crippen LogP contribution in [0.15, 0.2) is 169 Å². The van der Waals surface area contributed by atoms with Crippen molar-refractivity contribution in [2.45, 2.75) is 38.5 Å². The van der Waals surface area contributed by atoms with Crippen LogP contribution in [-0.2, 0) is 39.0 Å². The molecule has 6 aromatic carbocycles. The standard InChI is InChI=1S/2C26H22.2ClH.Zr/c2*1-18(23-15-20-11-5-6-12-21(20)16-23)26-24-14-8-7-13-22(24)17-25(26)19-9-3-2-4-10-19;;;/h2*2-15,17-18,26H,16H2,1H3;2*1H;/q;;;;+2/p-2. The van der Waals surface area contributed by atoms with Crippen molar-refractivity contribution in [2.24, 2.45) is 11.8 Å². The molecule has 0 amide bonds. The zero-order valence-corrected chi connectivity index (χ0v) is 35.3. The summed E-state index contributed by atoms with van der Waals surface area (Å²) >= 11 is 0. The van der Waals surface area contributed by atoms with Crippen LogP contribution in [0.2, 0.25) is 0 Å². The molecule has 0 fully saturated rings. The summed E-state index contributed by atoms with van der Waals surface area (Å²) in [6, 6.07) is 57.1. The molecule has 270 valence electrons. The molecule has 4 aliphatic carbocycles. The number of halogens is 2. The van der Waals surface area contributed by atoms with Crippen molar-refractivity contribution in [3.8, 4) is 0 Å². The molecule has 0 aromatic heterocycles. The number of hydrogen-bond acceptors (Lipinski definition) is 0. The van der Waals surface area contributed by atoms with Crippen LogP contribution in [0.3, 0.4) is 0 Å². The van der Waals surface area contributed by atoms with Crippen molar-refractivity contribution in [1.82, 2.24) is 0 Å². The Balaban J connectivity index is 0.000000177. The van der Waals surface area contributed by atoms with E-state index in [1.807, 2.05) is 0 Å². The van der Waals surface area contributed by atoms with Gasteiger partial charge in [-0.2, -0.15) is 0 Å². The van der Waals surface area contributed by atoms with Gasteiger partial charge in [0.2, 0.25) is 0 Å². The molecule has 4 aliphatic rings. The maximum atomic E-state index is 2.42. The molecule has 0 saturated carbocycles. The summed E-state index contributed by atoms with van der Waals surface area (Å²) in [5.41, 5.74) is 20.1. The van der Waals surface area contributed by atoms with Gasteiger partial charge in [-0.3, -0.25) is 0 Å². The molecule has 4 atom stereocenters. The molecular formula is C52H44Cl2Zr. The second-order valence-corrected chi connectivity index (χ2v) is 14.9. The van der Waals surface area contributed by atoms with Gasteiger partial charge >= 0.3 is 26.2 Å². The molecule has 55 heavy (non-hydrogen) atoms. The third-order valence-electron chi connectivity index (χ3n) is 11.9. The molecule has 0 nitrogen and oxygen atoms in total. The molecule has 0 radical (unpaired) electrons. The van der Waals surface area contributed by atoms with E-state index in [1.165, 1.54) is 66.8 Å². The number of hydrogen-bond donors (Lipinski definition) is 0. The fraction of sp³-hybridized carbons (Fsp3) is 0.154. The van der Waals surface area contributed by atoms with Crippen LogP contribution in [0.5, 0.6) is 0 Å². The Morgan fingerprint density at radius 3 is 1.09 bits per heavy atom. The molecule has 0 heterocycles. The average Bonchev–Trinajstić information content (AvgIpc) is 4.00. The van der Waals surface area contributed by atoms with Crippen LogP contribution in [0.1, 0.15) is 81.3 Å². The smallest absolute Gasteiger partial charge is 1.00 e. The number of benzene rings is 6. The van der Waals surface area contributed by atoms with Crippen molar-refractivity contribution in [3.05, 3.63) is 225 Å². The monoisotopic (exact) mass is 828 g/mol. The van der Waals surface area contributed by atoms with Crippen LogP contribution < -0.4 is 24.8 Å². The second kappa shape index (κ2) is 17.7. The van der Waals surface area contributed by atoms with E-state index in [2.05, 4.69) is 196 Å². The van der Waals surface area contributed by atoms with E-state index in [1.54, 1.807) is 11.1 Å². The molecule has 3 heteroatoms. The Morgan fingerprint density at radius 2 is 0.709 bits per heavy atom. The molecule has 0 spiro atoms. The van der Waals surface area contributed by atoms with Crippen molar-refractivity contribution in [1.29, 1.82) is 0 Å². The summed E-state index contributed by atoms with van der Waals surface area (Å²) in [5, 5.41) is 0. The molecule has 4 unspecified atom stereocenters. The van der Waals surface area contributed by atoms with Gasteiger partial charge in [-0.05, 0) is 91.5 Å². The normalized spacial score (nSPS) is 17.7. The minimum atomic E-state index is 0. The van der Waals surface area contributed by atoms with Gasteiger partial charge < -0.3 is 24.8 Å². The van der Waals surface area contributed by atoms with E-state index >= 15 is 0 Å². The molecule has 0 bridgehead atoms. The summed E-state index contributed by atoms with van der Waals surface area (Å²) < 4.78 is 0. The van der Waals surface area contributed by atoms with E-state index in [9.17, 15) is 0 Å². The largest absolute Gasteiger partial charge is 2.00 e. The topological polar surface area (TPSA) is 0 Å². The van der Waals surface area contributed by atoms with Gasteiger partial charge in [-0.15, -0.1) is 0 Å². The molecule has 6 aromatic rings. The Hall–Kier alpha value is -4.26. The third kappa shape index (κ3) is 7.91. The molecule has 0 aliphatic heterocycles. The number of allylic oxidation sites excluding steroid dienone is 4. The zero-order valence-electron chi connectivity index (χ0n) is 31.3. The van der Waals surface area contributed by atoms with Gasteiger partial charge in [-0.1, -0.05) is 207 Å². The summed E-state index contributed by atoms with van der Waals surface area (Å²) in [5.74, 6) is 1.82. The summed E-state index contributed by atoms with van der Waals surface area (Å²) in [4.78, 5) is 0. The van der Waals surface area contributed by atoms with E-state index in [4.69, 9.17) is 0 Å². The molecule has 0 saturated heterocycles. The Bertz CT molecular complexity index is 2230. The average molecular weight is 831 g/mol. The van der Waals surface area contributed by atoms with Gasteiger partial charge in [0.1, 0.15) is 0 Å². The first-order valence-electron chi connectivity index (χ1n) is 18.9. The summed E-state index contributed by atoms with van der Waals surface area (Å²) in [6.45, 7) is 4.81. The Morgan fingerprint density at radius 1 is 0.382 bits per heavy atom. The third-order valence-corrected chi connectivity index (χ3v) is 11.9. The van der Waals surface area contributed by atoms with E-state index < -0.39 is 0 Å². The number of rotatable bonds is 6. The van der Waals surface area contributed by atoms with Crippen LogP contribution in [0.4, 0.5) is 0 Å². The minimum Gasteiger partial charge on any atom is -1.00 e. The van der Waals surface area contributed by atoms with Crippen LogP contribution >= 0.6 is 0 Å². The minimum absolute atomic E-state index is 0. The fourth-order valence-corrected chi connectivity index (χ4v) is 9.19. The fourth-order valence-electron chi connectivity index (χ4n) is 9.19. The maximum Gasteiger partial charge on any atom is 2.00 e. The molecule has 10 rings (SSSR count). The van der Waals surface area contributed by atoms with E-state index in [0.29, 0.717) is 23.7 Å². The van der Waals surface area contributed by atoms with Crippen LogP contribution in [-0.4, -0.2) is 0 Å². The van der Waals surface area contributed by atoms with Crippen molar-refractivity contribution >= 4 is 35.5 Å². The van der Waals surface area contributed by atoms with Crippen molar-refractivity contribution < 1.29 is 51.0 Å². The quantitative estimate of drug-likeness (QED) is 0.167. The van der Waals surface area contributed by atoms with Gasteiger partial charge in [-0.25, -0.2) is 0 Å². The van der Waals surface area contributed by atoms with Crippen molar-refractivity contribution in [3.63, 3.8) is 0 Å². The van der Waals surface area contributed by atoms with Gasteiger partial charge in [0.05, 0.1) is 0 Å². The van der Waals surface area contributed by atoms with Crippen LogP contribution in [0, 0.1) is 11.8 Å². The first kappa shape index (κ1) is 40.4. The summed E-state index contributed by atoms with van der Waals surface area (Å²) in [6.07, 6.45) is 11.8. The first-order valence-corrected chi connectivity index (χ1v) is 18.9. The molecule has 0 N–H and O–H groups in total. The van der Waals surface area contributed by atoms with Gasteiger partial charge in [0.25, 0.3) is 0 Å². The Kier molecular flexibility index (Phi) is 13.0. The van der Waals surface area contributed by atoms with E-state index in [0.717, 1.165) is 12.8 Å². The van der Waals surface area contributed by atoms with Gasteiger partial charge in [0.15, 0.2) is 0 Å². The predicted octanol–water partition coefficient (Wildman–Crippen LogP) is 7.21. The van der Waals surface area contributed by atoms with Crippen molar-refractivity contribution in [2.75, 3.05) is 0 Å². The van der Waals surface area contributed by atoms with Crippen LogP contribution in [0.25, 0.3) is 35.5 Å². The molecular weight excluding hydrogens is 787 g/mol. The maximum absolute atomic E-state index is 2.42. The van der Waals surface area contributed by atoms with E-state index in [-0.39, 0.29) is 51.0 Å². The number of fused-ring (bicyclic) bond motifs is 4. The Labute approximate surface area is 358 Å². The summed E-state index contributed by atoms with van der Waals surface area (Å²) in [7, 11) is 0. The first-order chi connectivity index (χ1) is 25.6.